The minimum absolute atomic E-state index is 0.838. The van der Waals surface area contributed by atoms with Gasteiger partial charge in [-0.3, -0.25) is 0 Å². The molecule has 0 atom stereocenters. The Morgan fingerprint density at radius 1 is 0.688 bits per heavy atom. The third-order valence-electron chi connectivity index (χ3n) is 2.93. The zero-order chi connectivity index (χ0) is 13.2. The summed E-state index contributed by atoms with van der Waals surface area (Å²) in [5.41, 5.74) is 0. The summed E-state index contributed by atoms with van der Waals surface area (Å²) < 4.78 is 2.92. The van der Waals surface area contributed by atoms with Crippen LogP contribution in [0.4, 0.5) is 0 Å². The SMILES string of the molecule is C[Si](C)(C)CCCN([Si](C)(C)C)[Si](C)(C)C. The Bertz CT molecular complexity index is 194. The van der Waals surface area contributed by atoms with Gasteiger partial charge in [0, 0.05) is 8.07 Å². The number of nitrogens with zero attached hydrogens (tertiary/aromatic N) is 1. The van der Waals surface area contributed by atoms with Gasteiger partial charge in [-0.2, -0.15) is 0 Å². The lowest BCUT2D eigenvalue weighted by Crippen LogP contribution is -2.59. The first-order valence-corrected chi connectivity index (χ1v) is 17.2. The molecule has 0 spiro atoms. The number of hydrogen-bond donors (Lipinski definition) is 0. The second-order valence-corrected chi connectivity index (χ2v) is 24.0. The summed E-state index contributed by atoms with van der Waals surface area (Å²) in [7, 11) is -3.05. The highest BCUT2D eigenvalue weighted by Gasteiger charge is 2.33. The highest BCUT2D eigenvalue weighted by Crippen LogP contribution is 2.21. The first-order chi connectivity index (χ1) is 6.84. The molecule has 16 heavy (non-hydrogen) atoms. The van der Waals surface area contributed by atoms with Crippen LogP contribution in [0.2, 0.25) is 65.0 Å². The first-order valence-electron chi connectivity index (χ1n) is 6.62. The summed E-state index contributed by atoms with van der Waals surface area (Å²) in [6, 6.07) is 1.48. The van der Waals surface area contributed by atoms with E-state index in [1.165, 1.54) is 19.0 Å². The van der Waals surface area contributed by atoms with Crippen molar-refractivity contribution in [3.63, 3.8) is 0 Å². The summed E-state index contributed by atoms with van der Waals surface area (Å²) >= 11 is 0. The van der Waals surface area contributed by atoms with E-state index in [1.807, 2.05) is 0 Å². The van der Waals surface area contributed by atoms with Crippen molar-refractivity contribution in [1.29, 1.82) is 0 Å². The van der Waals surface area contributed by atoms with Gasteiger partial charge in [-0.1, -0.05) is 65.0 Å². The van der Waals surface area contributed by atoms with Gasteiger partial charge < -0.3 is 4.23 Å². The Morgan fingerprint density at radius 2 is 1.06 bits per heavy atom. The standard InChI is InChI=1S/C12H33NSi3/c1-14(2,3)12-10-11-13(15(4,5)6)16(7,8)9/h10-12H2,1-9H3. The van der Waals surface area contributed by atoms with E-state index in [1.54, 1.807) is 0 Å². The summed E-state index contributed by atoms with van der Waals surface area (Å²) in [5.74, 6) is 0. The van der Waals surface area contributed by atoms with Crippen LogP contribution in [-0.2, 0) is 0 Å². The van der Waals surface area contributed by atoms with Gasteiger partial charge in [0.25, 0.3) is 0 Å². The van der Waals surface area contributed by atoms with Crippen molar-refractivity contribution in [1.82, 2.24) is 4.23 Å². The highest BCUT2D eigenvalue weighted by molar-refractivity contribution is 6.89. The van der Waals surface area contributed by atoms with E-state index < -0.39 is 24.5 Å². The fraction of sp³-hybridized carbons (Fsp3) is 1.00. The monoisotopic (exact) mass is 275 g/mol. The van der Waals surface area contributed by atoms with E-state index in [-0.39, 0.29) is 0 Å². The molecular weight excluding hydrogens is 242 g/mol. The Kier molecular flexibility index (Phi) is 5.71. The van der Waals surface area contributed by atoms with Crippen molar-refractivity contribution in [3.8, 4) is 0 Å². The molecule has 0 N–H and O–H groups in total. The van der Waals surface area contributed by atoms with Crippen LogP contribution in [0.1, 0.15) is 6.42 Å². The lowest BCUT2D eigenvalue weighted by Gasteiger charge is -2.44. The van der Waals surface area contributed by atoms with Crippen molar-refractivity contribution in [2.24, 2.45) is 0 Å². The van der Waals surface area contributed by atoms with Gasteiger partial charge in [-0.05, 0) is 13.0 Å². The Hall–Kier alpha value is 0.611. The maximum atomic E-state index is 2.92. The number of rotatable bonds is 6. The maximum absolute atomic E-state index is 2.92. The van der Waals surface area contributed by atoms with Crippen LogP contribution in [-0.4, -0.2) is 35.3 Å². The molecule has 98 valence electrons. The van der Waals surface area contributed by atoms with Crippen LogP contribution in [0.15, 0.2) is 0 Å². The molecular formula is C12H33NSi3. The first kappa shape index (κ1) is 16.6. The predicted molar refractivity (Wildman–Crippen MR) is 86.2 cm³/mol. The van der Waals surface area contributed by atoms with Gasteiger partial charge in [-0.25, -0.2) is 0 Å². The lowest BCUT2D eigenvalue weighted by atomic mass is 10.5. The maximum Gasteiger partial charge on any atom is 0.112 e. The second kappa shape index (κ2) is 5.50. The molecule has 0 bridgehead atoms. The molecule has 0 aliphatic rings. The van der Waals surface area contributed by atoms with Crippen LogP contribution in [0, 0.1) is 0 Å². The quantitative estimate of drug-likeness (QED) is 0.636. The third-order valence-corrected chi connectivity index (χ3v) is 12.5. The van der Waals surface area contributed by atoms with Crippen molar-refractivity contribution in [2.45, 2.75) is 71.4 Å². The molecule has 0 radical (unpaired) electrons. The smallest absolute Gasteiger partial charge is 0.112 e. The highest BCUT2D eigenvalue weighted by atomic mass is 28.4. The van der Waals surface area contributed by atoms with E-state index in [9.17, 15) is 0 Å². The van der Waals surface area contributed by atoms with Gasteiger partial charge >= 0.3 is 0 Å². The molecule has 0 aliphatic carbocycles. The third kappa shape index (κ3) is 7.04. The van der Waals surface area contributed by atoms with E-state index in [2.05, 4.69) is 63.2 Å². The molecule has 0 aromatic rings. The fourth-order valence-electron chi connectivity index (χ4n) is 2.44. The average molecular weight is 276 g/mol. The van der Waals surface area contributed by atoms with Gasteiger partial charge in [0.05, 0.1) is 0 Å². The van der Waals surface area contributed by atoms with Gasteiger partial charge in [0.1, 0.15) is 16.5 Å². The summed E-state index contributed by atoms with van der Waals surface area (Å²) in [5, 5.41) is 0. The van der Waals surface area contributed by atoms with Crippen LogP contribution < -0.4 is 0 Å². The van der Waals surface area contributed by atoms with Crippen LogP contribution in [0.3, 0.4) is 0 Å². The van der Waals surface area contributed by atoms with E-state index in [0.717, 1.165) is 0 Å². The second-order valence-electron chi connectivity index (χ2n) is 8.16. The number of hydrogen-bond acceptors (Lipinski definition) is 1. The van der Waals surface area contributed by atoms with E-state index in [4.69, 9.17) is 0 Å². The minimum atomic E-state index is -1.11. The average Bonchev–Trinajstić information content (AvgIpc) is 1.90. The largest absolute Gasteiger partial charge is 0.346 e. The summed E-state index contributed by atoms with van der Waals surface area (Å²) in [4.78, 5) is 0. The molecule has 0 heterocycles. The lowest BCUT2D eigenvalue weighted by molar-refractivity contribution is 0.599. The summed E-state index contributed by atoms with van der Waals surface area (Å²) in [6.07, 6.45) is 1.42. The van der Waals surface area contributed by atoms with Gasteiger partial charge in [0.15, 0.2) is 0 Å². The molecule has 0 fully saturated rings. The molecule has 4 heteroatoms. The van der Waals surface area contributed by atoms with Gasteiger partial charge in [-0.15, -0.1) is 0 Å². The molecule has 0 unspecified atom stereocenters. The Balaban J connectivity index is 4.38. The fourth-order valence-corrected chi connectivity index (χ4v) is 13.4. The Labute approximate surface area is 107 Å². The van der Waals surface area contributed by atoms with Crippen LogP contribution >= 0.6 is 0 Å². The molecule has 0 aliphatic heterocycles. The molecule has 0 aromatic heterocycles. The molecule has 0 amide bonds. The van der Waals surface area contributed by atoms with E-state index >= 15 is 0 Å². The van der Waals surface area contributed by atoms with Crippen LogP contribution in [0.5, 0.6) is 0 Å². The van der Waals surface area contributed by atoms with Gasteiger partial charge in [0.2, 0.25) is 0 Å². The molecule has 1 nitrogen and oxygen atoms in total. The normalized spacial score (nSPS) is 14.6. The van der Waals surface area contributed by atoms with Crippen LogP contribution in [0.25, 0.3) is 0 Å². The minimum Gasteiger partial charge on any atom is -0.346 e. The Morgan fingerprint density at radius 3 is 1.31 bits per heavy atom. The summed E-state index contributed by atoms with van der Waals surface area (Å²) in [6.45, 7) is 23.8. The molecule has 0 saturated carbocycles. The van der Waals surface area contributed by atoms with Crippen molar-refractivity contribution >= 4 is 24.5 Å². The topological polar surface area (TPSA) is 3.24 Å². The zero-order valence-electron chi connectivity index (χ0n) is 13.1. The van der Waals surface area contributed by atoms with Crippen molar-refractivity contribution < 1.29 is 0 Å². The molecule has 0 saturated heterocycles. The predicted octanol–water partition coefficient (Wildman–Crippen LogP) is 4.69. The van der Waals surface area contributed by atoms with Crippen molar-refractivity contribution in [3.05, 3.63) is 0 Å². The zero-order valence-corrected chi connectivity index (χ0v) is 16.1. The van der Waals surface area contributed by atoms with E-state index in [0.29, 0.717) is 0 Å². The molecule has 0 aromatic carbocycles. The van der Waals surface area contributed by atoms with Crippen molar-refractivity contribution in [2.75, 3.05) is 6.54 Å². The molecule has 0 rings (SSSR count).